The summed E-state index contributed by atoms with van der Waals surface area (Å²) in [5, 5.41) is 0. The van der Waals surface area contributed by atoms with Crippen molar-refractivity contribution in [2.75, 3.05) is 19.3 Å². The maximum atomic E-state index is 12.4. The molecule has 100 valence electrons. The van der Waals surface area contributed by atoms with Gasteiger partial charge in [0.25, 0.3) is 0 Å². The molecule has 1 aromatic rings. The Balaban J connectivity index is 2.39. The third-order valence-electron chi connectivity index (χ3n) is 2.92. The largest absolute Gasteiger partial charge is 0.398 e. The average Bonchev–Trinajstić information content (AvgIpc) is 2.98. The monoisotopic (exact) mass is 396 g/mol. The number of rotatable bonds is 4. The summed E-state index contributed by atoms with van der Waals surface area (Å²) in [6.07, 6.45) is 2.22. The van der Waals surface area contributed by atoms with Crippen LogP contribution in [0.15, 0.2) is 26.0 Å². The van der Waals surface area contributed by atoms with Crippen LogP contribution in [0.25, 0.3) is 0 Å². The summed E-state index contributed by atoms with van der Waals surface area (Å²) in [6, 6.07) is 3.29. The summed E-state index contributed by atoms with van der Waals surface area (Å²) in [4.78, 5) is 0.147. The van der Waals surface area contributed by atoms with E-state index < -0.39 is 10.0 Å². The van der Waals surface area contributed by atoms with Crippen LogP contribution in [0.4, 0.5) is 5.69 Å². The first-order chi connectivity index (χ1) is 8.32. The molecule has 0 atom stereocenters. The molecular weight excluding hydrogens is 384 g/mol. The molecule has 1 fully saturated rings. The van der Waals surface area contributed by atoms with Crippen LogP contribution >= 0.6 is 31.9 Å². The fourth-order valence-electron chi connectivity index (χ4n) is 1.77. The zero-order valence-corrected chi connectivity index (χ0v) is 13.8. The van der Waals surface area contributed by atoms with E-state index in [1.807, 2.05) is 0 Å². The average molecular weight is 398 g/mol. The zero-order chi connectivity index (χ0) is 13.5. The molecule has 0 bridgehead atoms. The number of nitrogens with zero attached hydrogens (tertiary/aromatic N) is 1. The van der Waals surface area contributed by atoms with Gasteiger partial charge < -0.3 is 5.73 Å². The van der Waals surface area contributed by atoms with Gasteiger partial charge >= 0.3 is 0 Å². The second-order valence-electron chi connectivity index (χ2n) is 4.53. The van der Waals surface area contributed by atoms with Crippen LogP contribution in [-0.4, -0.2) is 26.3 Å². The van der Waals surface area contributed by atoms with Gasteiger partial charge in [0.1, 0.15) is 4.90 Å². The first-order valence-electron chi connectivity index (χ1n) is 5.53. The van der Waals surface area contributed by atoms with Crippen LogP contribution in [0.3, 0.4) is 0 Å². The second kappa shape index (κ2) is 5.11. The predicted molar refractivity (Wildman–Crippen MR) is 78.8 cm³/mol. The molecule has 2 rings (SSSR count). The first kappa shape index (κ1) is 14.3. The molecule has 0 radical (unpaired) electrons. The first-order valence-corrected chi connectivity index (χ1v) is 8.56. The topological polar surface area (TPSA) is 63.4 Å². The Morgan fingerprint density at radius 3 is 2.50 bits per heavy atom. The van der Waals surface area contributed by atoms with Gasteiger partial charge in [-0.25, -0.2) is 12.7 Å². The van der Waals surface area contributed by atoms with E-state index in [9.17, 15) is 8.42 Å². The zero-order valence-electron chi connectivity index (χ0n) is 9.86. The highest BCUT2D eigenvalue weighted by Crippen LogP contribution is 2.35. The number of hydrogen-bond donors (Lipinski definition) is 1. The standard InChI is InChI=1S/C11H14Br2N2O2S/c1-15(6-7-2-3-7)18(16,17)11-9(13)4-8(12)5-10(11)14/h4-5,7H,2-3,6,14H2,1H3. The van der Waals surface area contributed by atoms with Crippen LogP contribution in [0.1, 0.15) is 12.8 Å². The summed E-state index contributed by atoms with van der Waals surface area (Å²) in [5.74, 6) is 0.500. The van der Waals surface area contributed by atoms with Gasteiger partial charge in [-0.1, -0.05) is 15.9 Å². The molecule has 0 unspecified atom stereocenters. The summed E-state index contributed by atoms with van der Waals surface area (Å²) in [5.41, 5.74) is 6.08. The molecule has 0 amide bonds. The molecule has 1 aromatic carbocycles. The van der Waals surface area contributed by atoms with E-state index >= 15 is 0 Å². The summed E-state index contributed by atoms with van der Waals surface area (Å²) < 4.78 is 27.5. The third-order valence-corrected chi connectivity index (χ3v) is 6.20. The molecule has 1 aliphatic rings. The van der Waals surface area contributed by atoms with E-state index in [0.717, 1.165) is 17.3 Å². The normalized spacial score (nSPS) is 16.2. The van der Waals surface area contributed by atoms with E-state index in [4.69, 9.17) is 5.73 Å². The summed E-state index contributed by atoms with van der Waals surface area (Å²) >= 11 is 6.55. The van der Waals surface area contributed by atoms with E-state index in [-0.39, 0.29) is 10.6 Å². The lowest BCUT2D eigenvalue weighted by molar-refractivity contribution is 0.453. The lowest BCUT2D eigenvalue weighted by Gasteiger charge is -2.19. The Morgan fingerprint density at radius 2 is 2.00 bits per heavy atom. The maximum Gasteiger partial charge on any atom is 0.246 e. The molecule has 4 nitrogen and oxygen atoms in total. The molecule has 1 aliphatic carbocycles. The number of hydrogen-bond acceptors (Lipinski definition) is 3. The van der Waals surface area contributed by atoms with Crippen LogP contribution in [0.2, 0.25) is 0 Å². The SMILES string of the molecule is CN(CC1CC1)S(=O)(=O)c1c(N)cc(Br)cc1Br. The number of halogens is 2. The Kier molecular flexibility index (Phi) is 4.06. The Labute approximate surface area is 124 Å². The highest BCUT2D eigenvalue weighted by molar-refractivity contribution is 9.11. The van der Waals surface area contributed by atoms with Crippen LogP contribution in [-0.2, 0) is 10.0 Å². The van der Waals surface area contributed by atoms with E-state index in [2.05, 4.69) is 31.9 Å². The molecule has 18 heavy (non-hydrogen) atoms. The van der Waals surface area contributed by atoms with Crippen molar-refractivity contribution in [3.63, 3.8) is 0 Å². The molecule has 0 saturated heterocycles. The lowest BCUT2D eigenvalue weighted by Crippen LogP contribution is -2.29. The smallest absolute Gasteiger partial charge is 0.246 e. The Bertz CT molecular complexity index is 547. The quantitative estimate of drug-likeness (QED) is 0.794. The van der Waals surface area contributed by atoms with Crippen LogP contribution < -0.4 is 5.73 Å². The lowest BCUT2D eigenvalue weighted by atomic mass is 10.3. The van der Waals surface area contributed by atoms with Gasteiger partial charge in [-0.05, 0) is 46.8 Å². The van der Waals surface area contributed by atoms with E-state index in [0.29, 0.717) is 16.9 Å². The van der Waals surface area contributed by atoms with Gasteiger partial charge in [0.2, 0.25) is 10.0 Å². The molecule has 7 heteroatoms. The molecular formula is C11H14Br2N2O2S. The number of nitrogens with two attached hydrogens (primary N) is 1. The van der Waals surface area contributed by atoms with Crippen LogP contribution in [0.5, 0.6) is 0 Å². The number of sulfonamides is 1. The van der Waals surface area contributed by atoms with E-state index in [1.54, 1.807) is 19.2 Å². The van der Waals surface area contributed by atoms with Crippen molar-refractivity contribution < 1.29 is 8.42 Å². The minimum Gasteiger partial charge on any atom is -0.398 e. The van der Waals surface area contributed by atoms with Gasteiger partial charge in [0.15, 0.2) is 0 Å². The summed E-state index contributed by atoms with van der Waals surface area (Å²) in [6.45, 7) is 0.560. The number of nitrogen functional groups attached to an aromatic ring is 1. The molecule has 0 aromatic heterocycles. The minimum absolute atomic E-state index is 0.147. The van der Waals surface area contributed by atoms with Crippen molar-refractivity contribution in [3.05, 3.63) is 21.1 Å². The van der Waals surface area contributed by atoms with Gasteiger partial charge in [-0.15, -0.1) is 0 Å². The van der Waals surface area contributed by atoms with Crippen molar-refractivity contribution in [1.82, 2.24) is 4.31 Å². The summed E-state index contributed by atoms with van der Waals surface area (Å²) in [7, 11) is -1.93. The number of benzene rings is 1. The molecule has 0 spiro atoms. The highest BCUT2D eigenvalue weighted by atomic mass is 79.9. The maximum absolute atomic E-state index is 12.4. The highest BCUT2D eigenvalue weighted by Gasteiger charge is 2.31. The Hall–Kier alpha value is -0.110. The van der Waals surface area contributed by atoms with E-state index in [1.165, 1.54) is 4.31 Å². The van der Waals surface area contributed by atoms with Gasteiger partial charge in [-0.2, -0.15) is 0 Å². The van der Waals surface area contributed by atoms with Gasteiger partial charge in [0.05, 0.1) is 5.69 Å². The van der Waals surface area contributed by atoms with Crippen molar-refractivity contribution in [3.8, 4) is 0 Å². The minimum atomic E-state index is -3.53. The molecule has 1 saturated carbocycles. The molecule has 0 heterocycles. The fourth-order valence-corrected chi connectivity index (χ4v) is 5.02. The molecule has 0 aliphatic heterocycles. The van der Waals surface area contributed by atoms with Gasteiger partial charge in [0, 0.05) is 22.5 Å². The fraction of sp³-hybridized carbons (Fsp3) is 0.455. The van der Waals surface area contributed by atoms with Gasteiger partial charge in [-0.3, -0.25) is 0 Å². The number of anilines is 1. The van der Waals surface area contributed by atoms with Crippen molar-refractivity contribution in [2.45, 2.75) is 17.7 Å². The van der Waals surface area contributed by atoms with Crippen molar-refractivity contribution in [2.24, 2.45) is 5.92 Å². The second-order valence-corrected chi connectivity index (χ2v) is 8.29. The Morgan fingerprint density at radius 1 is 1.39 bits per heavy atom. The van der Waals surface area contributed by atoms with Crippen LogP contribution in [0, 0.1) is 5.92 Å². The molecule has 2 N–H and O–H groups in total. The predicted octanol–water partition coefficient (Wildman–Crippen LogP) is 2.82. The van der Waals surface area contributed by atoms with Crippen molar-refractivity contribution in [1.29, 1.82) is 0 Å². The van der Waals surface area contributed by atoms with Crippen molar-refractivity contribution >= 4 is 47.6 Å². The third kappa shape index (κ3) is 2.89.